The number of hydrogen-bond acceptors (Lipinski definition) is 5. The molecular weight excluding hydrogens is 328 g/mol. The summed E-state index contributed by atoms with van der Waals surface area (Å²) in [5.74, 6) is -0.211. The summed E-state index contributed by atoms with van der Waals surface area (Å²) in [6, 6.07) is 9.00. The molecule has 8 heteroatoms. The lowest BCUT2D eigenvalue weighted by Gasteiger charge is -2.11. The second-order valence-electron chi connectivity index (χ2n) is 5.41. The molecular formula is C16H14N4O3S. The van der Waals surface area contributed by atoms with E-state index in [1.807, 2.05) is 17.5 Å². The zero-order valence-electron chi connectivity index (χ0n) is 12.6. The van der Waals surface area contributed by atoms with Crippen molar-refractivity contribution in [2.75, 3.05) is 18.0 Å². The lowest BCUT2D eigenvalue weighted by molar-refractivity contribution is 0.0916. The third-order valence-corrected chi connectivity index (χ3v) is 4.71. The van der Waals surface area contributed by atoms with Crippen LogP contribution in [-0.4, -0.2) is 41.2 Å². The molecule has 4 rings (SSSR count). The molecule has 7 nitrogen and oxygen atoms in total. The van der Waals surface area contributed by atoms with Crippen LogP contribution in [0.25, 0.3) is 11.0 Å². The molecule has 0 saturated carbocycles. The van der Waals surface area contributed by atoms with E-state index in [4.69, 9.17) is 4.74 Å². The molecule has 3 heterocycles. The van der Waals surface area contributed by atoms with Crippen molar-refractivity contribution in [2.24, 2.45) is 0 Å². The first kappa shape index (κ1) is 14.7. The number of carbonyl (C=O) groups excluding carboxylic acids is 2. The minimum absolute atomic E-state index is 0.211. The smallest absolute Gasteiger partial charge is 0.415 e. The topological polar surface area (TPSA) is 87.3 Å². The Bertz CT molecular complexity index is 890. The Morgan fingerprint density at radius 1 is 1.46 bits per heavy atom. The normalized spacial score (nSPS) is 17.2. The van der Waals surface area contributed by atoms with Gasteiger partial charge in [0.15, 0.2) is 0 Å². The molecule has 1 fully saturated rings. The molecule has 122 valence electrons. The van der Waals surface area contributed by atoms with Crippen LogP contribution in [0, 0.1) is 0 Å². The number of H-pyrrole nitrogens is 1. The summed E-state index contributed by atoms with van der Waals surface area (Å²) in [5.41, 5.74) is 2.15. The van der Waals surface area contributed by atoms with Crippen LogP contribution < -0.4 is 10.2 Å². The molecule has 0 spiro atoms. The molecule has 24 heavy (non-hydrogen) atoms. The fraction of sp³-hybridized carbons (Fsp3) is 0.188. The molecule has 3 aromatic rings. The second-order valence-corrected chi connectivity index (χ2v) is 6.34. The number of imidazole rings is 1. The lowest BCUT2D eigenvalue weighted by atomic mass is 10.2. The van der Waals surface area contributed by atoms with Gasteiger partial charge in [0.25, 0.3) is 5.91 Å². The Morgan fingerprint density at radius 2 is 2.38 bits per heavy atom. The molecule has 0 aliphatic carbocycles. The van der Waals surface area contributed by atoms with Gasteiger partial charge in [-0.25, -0.2) is 9.78 Å². The van der Waals surface area contributed by atoms with Crippen LogP contribution in [-0.2, 0) is 4.74 Å². The summed E-state index contributed by atoms with van der Waals surface area (Å²) in [7, 11) is 0. The van der Waals surface area contributed by atoms with Crippen LogP contribution in [0.4, 0.5) is 9.80 Å². The fourth-order valence-electron chi connectivity index (χ4n) is 2.62. The lowest BCUT2D eigenvalue weighted by Crippen LogP contribution is -2.34. The molecule has 2 aromatic heterocycles. The summed E-state index contributed by atoms with van der Waals surface area (Å²) < 4.78 is 5.30. The first-order chi connectivity index (χ1) is 11.7. The monoisotopic (exact) mass is 342 g/mol. The van der Waals surface area contributed by atoms with Crippen molar-refractivity contribution < 1.29 is 14.3 Å². The van der Waals surface area contributed by atoms with Gasteiger partial charge in [0.1, 0.15) is 11.1 Å². The van der Waals surface area contributed by atoms with Crippen molar-refractivity contribution in [3.05, 3.63) is 47.6 Å². The molecule has 0 radical (unpaired) electrons. The number of aromatic amines is 1. The number of cyclic esters (lactones) is 1. The van der Waals surface area contributed by atoms with Crippen molar-refractivity contribution in [1.29, 1.82) is 0 Å². The number of rotatable bonds is 4. The fourth-order valence-corrected chi connectivity index (χ4v) is 3.35. The molecule has 1 aliphatic rings. The van der Waals surface area contributed by atoms with Crippen LogP contribution in [0.15, 0.2) is 42.0 Å². The Morgan fingerprint density at radius 3 is 3.21 bits per heavy atom. The Labute approximate surface area is 141 Å². The Hall–Kier alpha value is -2.87. The van der Waals surface area contributed by atoms with Crippen molar-refractivity contribution >= 4 is 39.4 Å². The van der Waals surface area contributed by atoms with Gasteiger partial charge in [0.2, 0.25) is 0 Å². The average Bonchev–Trinajstić information content (AvgIpc) is 3.32. The number of nitrogens with one attached hydrogen (secondary N) is 2. The number of anilines is 1. The van der Waals surface area contributed by atoms with E-state index in [0.29, 0.717) is 12.1 Å². The molecule has 1 aliphatic heterocycles. The number of hydrogen-bond donors (Lipinski definition) is 2. The van der Waals surface area contributed by atoms with Gasteiger partial charge in [-0.2, -0.15) is 0 Å². The van der Waals surface area contributed by atoms with Gasteiger partial charge in [-0.15, -0.1) is 11.3 Å². The number of carbonyl (C=O) groups is 2. The molecule has 1 aromatic carbocycles. The highest BCUT2D eigenvalue weighted by Crippen LogP contribution is 2.26. The van der Waals surface area contributed by atoms with E-state index in [2.05, 4.69) is 15.3 Å². The predicted molar refractivity (Wildman–Crippen MR) is 90.4 cm³/mol. The van der Waals surface area contributed by atoms with Crippen molar-refractivity contribution in [3.8, 4) is 0 Å². The molecule has 2 N–H and O–H groups in total. The summed E-state index contributed by atoms with van der Waals surface area (Å²) in [5, 5.41) is 5.56. The number of benzene rings is 1. The minimum Gasteiger partial charge on any atom is -0.442 e. The van der Waals surface area contributed by atoms with Crippen LogP contribution >= 0.6 is 11.3 Å². The van der Waals surface area contributed by atoms with Crippen LogP contribution in [0.2, 0.25) is 0 Å². The van der Waals surface area contributed by atoms with Gasteiger partial charge in [-0.1, -0.05) is 0 Å². The maximum absolute atomic E-state index is 12.3. The zero-order valence-corrected chi connectivity index (χ0v) is 13.4. The second kappa shape index (κ2) is 5.97. The van der Waals surface area contributed by atoms with Gasteiger partial charge < -0.3 is 15.0 Å². The number of fused-ring (bicyclic) bond motifs is 1. The van der Waals surface area contributed by atoms with E-state index < -0.39 is 0 Å². The number of aromatic nitrogens is 2. The summed E-state index contributed by atoms with van der Waals surface area (Å²) in [6.45, 7) is 0.701. The number of ether oxygens (including phenoxy) is 1. The number of thiophene rings is 1. The highest BCUT2D eigenvalue weighted by molar-refractivity contribution is 7.14. The summed E-state index contributed by atoms with van der Waals surface area (Å²) in [4.78, 5) is 32.8. The predicted octanol–water partition coefficient (Wildman–Crippen LogP) is 2.38. The molecule has 1 unspecified atom stereocenters. The van der Waals surface area contributed by atoms with Crippen molar-refractivity contribution in [2.45, 2.75) is 6.10 Å². The number of amides is 2. The largest absolute Gasteiger partial charge is 0.442 e. The van der Waals surface area contributed by atoms with Gasteiger partial charge >= 0.3 is 6.09 Å². The Kier molecular flexibility index (Phi) is 3.66. The van der Waals surface area contributed by atoms with E-state index in [1.165, 1.54) is 11.3 Å². The van der Waals surface area contributed by atoms with Crippen LogP contribution in [0.5, 0.6) is 0 Å². The highest BCUT2D eigenvalue weighted by atomic mass is 32.1. The molecule has 2 amide bonds. The van der Waals surface area contributed by atoms with Crippen molar-refractivity contribution in [1.82, 2.24) is 15.3 Å². The van der Waals surface area contributed by atoms with E-state index in [9.17, 15) is 9.59 Å². The SMILES string of the molecule is O=C(NCC1CN(c2cccs2)C(=O)O1)c1ccc2nc[nH]c2c1. The third-order valence-electron chi connectivity index (χ3n) is 3.82. The zero-order chi connectivity index (χ0) is 16.5. The van der Waals surface area contributed by atoms with Crippen LogP contribution in [0.3, 0.4) is 0 Å². The Balaban J connectivity index is 1.38. The van der Waals surface area contributed by atoms with Gasteiger partial charge in [-0.05, 0) is 35.7 Å². The van der Waals surface area contributed by atoms with Gasteiger partial charge in [0.05, 0.1) is 30.5 Å². The van der Waals surface area contributed by atoms with E-state index in [-0.39, 0.29) is 24.6 Å². The van der Waals surface area contributed by atoms with Crippen molar-refractivity contribution in [3.63, 3.8) is 0 Å². The molecule has 1 atom stereocenters. The third kappa shape index (κ3) is 2.71. The van der Waals surface area contributed by atoms with E-state index in [0.717, 1.165) is 16.0 Å². The standard InChI is InChI=1S/C16H14N4O3S/c21-15(10-3-4-12-13(6-10)19-9-18-12)17-7-11-8-20(16(22)23-11)14-2-1-5-24-14/h1-6,9,11H,7-8H2,(H,17,21)(H,18,19). The number of nitrogens with zero attached hydrogens (tertiary/aromatic N) is 2. The van der Waals surface area contributed by atoms with Gasteiger partial charge in [-0.3, -0.25) is 9.69 Å². The highest BCUT2D eigenvalue weighted by Gasteiger charge is 2.33. The first-order valence-electron chi connectivity index (χ1n) is 7.44. The summed E-state index contributed by atoms with van der Waals surface area (Å²) >= 11 is 1.48. The maximum atomic E-state index is 12.3. The van der Waals surface area contributed by atoms with Gasteiger partial charge in [0, 0.05) is 5.56 Å². The van der Waals surface area contributed by atoms with E-state index >= 15 is 0 Å². The average molecular weight is 342 g/mol. The molecule has 1 saturated heterocycles. The minimum atomic E-state index is -0.379. The molecule has 0 bridgehead atoms. The maximum Gasteiger partial charge on any atom is 0.415 e. The quantitative estimate of drug-likeness (QED) is 0.762. The van der Waals surface area contributed by atoms with Crippen LogP contribution in [0.1, 0.15) is 10.4 Å². The van der Waals surface area contributed by atoms with E-state index in [1.54, 1.807) is 29.4 Å². The first-order valence-corrected chi connectivity index (χ1v) is 8.31. The summed E-state index contributed by atoms with van der Waals surface area (Å²) in [6.07, 6.45) is 0.846.